The van der Waals surface area contributed by atoms with Crippen LogP contribution in [-0.2, 0) is 4.74 Å². The number of rotatable bonds is 0. The molecule has 1 saturated heterocycles. The molecule has 1 aliphatic heterocycles. The van der Waals surface area contributed by atoms with E-state index in [-0.39, 0.29) is 19.0 Å². The lowest BCUT2D eigenvalue weighted by molar-refractivity contribution is 0.0456. The molecule has 0 spiro atoms. The van der Waals surface area contributed by atoms with Crippen LogP contribution in [0.25, 0.3) is 0 Å². The summed E-state index contributed by atoms with van der Waals surface area (Å²) in [4.78, 5) is 0. The predicted octanol–water partition coefficient (Wildman–Crippen LogP) is -0.349. The van der Waals surface area contributed by atoms with Crippen molar-refractivity contribution in [3.63, 3.8) is 0 Å². The fraction of sp³-hybridized carbons (Fsp3) is 1.00. The molecule has 1 N–H and O–H groups in total. The largest absolute Gasteiger partial charge is 0.390 e. The molecule has 0 aromatic heterocycles. The molecule has 1 heterocycles. The Hall–Kier alpha value is -0.0151. The van der Waals surface area contributed by atoms with Crippen LogP contribution in [0, 0.1) is 0 Å². The minimum absolute atomic E-state index is 0.0921. The predicted molar refractivity (Wildman–Crippen MR) is 30.7 cm³/mol. The highest BCUT2D eigenvalue weighted by atomic mass is 16.5. The summed E-state index contributed by atoms with van der Waals surface area (Å²) < 4.78 is 11.8. The van der Waals surface area contributed by atoms with Gasteiger partial charge in [0.2, 0.25) is 0 Å². The maximum atomic E-state index is 9.03. The van der Waals surface area contributed by atoms with E-state index in [0.29, 0.717) is 6.42 Å². The number of aliphatic hydroxyl groups excluding tert-OH is 1. The van der Waals surface area contributed by atoms with Gasteiger partial charge in [-0.1, -0.05) is 0 Å². The van der Waals surface area contributed by atoms with Crippen LogP contribution >= 0.6 is 0 Å². The Morgan fingerprint density at radius 2 is 2.75 bits per heavy atom. The Morgan fingerprint density at radius 3 is 3.00 bits per heavy atom. The Balaban J connectivity index is 2.38. The summed E-state index contributed by atoms with van der Waals surface area (Å²) in [7, 11) is 5.33. The smallest absolute Gasteiger partial charge is 0.109 e. The van der Waals surface area contributed by atoms with Gasteiger partial charge in [0.1, 0.15) is 7.85 Å². The van der Waals surface area contributed by atoms with Crippen LogP contribution in [0.4, 0.5) is 0 Å². The molecule has 0 saturated carbocycles. The molecule has 0 aromatic rings. The van der Waals surface area contributed by atoms with Crippen molar-refractivity contribution in [1.29, 1.82) is 0 Å². The molecule has 0 amide bonds. The normalized spacial score (nSPS) is 49.1. The Bertz CT molecular complexity index is 101. The van der Waals surface area contributed by atoms with E-state index in [4.69, 9.17) is 19.1 Å². The fourth-order valence-electron chi connectivity index (χ4n) is 0.761. The Morgan fingerprint density at radius 1 is 2.00 bits per heavy atom. The standard InChI is InChI=1S/C5H9BO2/c1-3-4(7)2-5(6)8-3/h3-5,7H,2H2,1H3/t3-,4?,5-/m1/s1/i1D. The van der Waals surface area contributed by atoms with Gasteiger partial charge in [-0.05, 0) is 13.3 Å². The van der Waals surface area contributed by atoms with Crippen molar-refractivity contribution in [2.45, 2.75) is 31.5 Å². The van der Waals surface area contributed by atoms with Crippen LogP contribution in [0.1, 0.15) is 14.7 Å². The van der Waals surface area contributed by atoms with Gasteiger partial charge in [-0.2, -0.15) is 0 Å². The summed E-state index contributed by atoms with van der Waals surface area (Å²) in [6.45, 7) is 0.0921. The van der Waals surface area contributed by atoms with Gasteiger partial charge >= 0.3 is 0 Å². The lowest BCUT2D eigenvalue weighted by Crippen LogP contribution is -2.15. The molecule has 0 bridgehead atoms. The van der Waals surface area contributed by atoms with Crippen LogP contribution in [0.2, 0.25) is 0 Å². The van der Waals surface area contributed by atoms with Crippen molar-refractivity contribution < 1.29 is 11.2 Å². The Kier molecular flexibility index (Phi) is 1.25. The maximum absolute atomic E-state index is 9.03. The third kappa shape index (κ3) is 1.04. The van der Waals surface area contributed by atoms with Crippen molar-refractivity contribution >= 4 is 7.85 Å². The summed E-state index contributed by atoms with van der Waals surface area (Å²) in [5, 5.41) is 9.03. The highest BCUT2D eigenvalue weighted by Gasteiger charge is 2.26. The second-order valence-electron chi connectivity index (χ2n) is 2.02. The van der Waals surface area contributed by atoms with Gasteiger partial charge in [-0.15, -0.1) is 0 Å². The minimum atomic E-state index is -0.530. The van der Waals surface area contributed by atoms with Gasteiger partial charge in [0, 0.05) is 7.37 Å². The molecule has 2 radical (unpaired) electrons. The van der Waals surface area contributed by atoms with Crippen LogP contribution in [-0.4, -0.2) is 31.2 Å². The fourth-order valence-corrected chi connectivity index (χ4v) is 0.761. The molecule has 3 heteroatoms. The van der Waals surface area contributed by atoms with Gasteiger partial charge < -0.3 is 9.84 Å². The molecule has 3 atom stereocenters. The topological polar surface area (TPSA) is 29.5 Å². The highest BCUT2D eigenvalue weighted by molar-refractivity contribution is 6.11. The average molecular weight is 113 g/mol. The summed E-state index contributed by atoms with van der Waals surface area (Å²) in [6, 6.07) is -0.365. The first-order valence-electron chi connectivity index (χ1n) is 3.33. The zero-order valence-corrected chi connectivity index (χ0v) is 4.58. The monoisotopic (exact) mass is 113 g/mol. The van der Waals surface area contributed by atoms with E-state index < -0.39 is 6.10 Å². The number of ether oxygens (including phenoxy) is 1. The molecule has 1 aliphatic rings. The second-order valence-corrected chi connectivity index (χ2v) is 2.02. The van der Waals surface area contributed by atoms with Gasteiger partial charge in [0.25, 0.3) is 0 Å². The van der Waals surface area contributed by atoms with E-state index in [9.17, 15) is 0 Å². The summed E-state index contributed by atoms with van der Waals surface area (Å²) in [5.41, 5.74) is 0. The van der Waals surface area contributed by atoms with Gasteiger partial charge in [-0.3, -0.25) is 0 Å². The molecule has 1 rings (SSSR count). The first kappa shape index (κ1) is 4.83. The molecule has 1 fully saturated rings. The first-order chi connectivity index (χ1) is 4.24. The quantitative estimate of drug-likeness (QED) is 0.435. The third-order valence-corrected chi connectivity index (χ3v) is 1.25. The van der Waals surface area contributed by atoms with E-state index in [1.807, 2.05) is 0 Å². The molecule has 44 valence electrons. The van der Waals surface area contributed by atoms with Crippen molar-refractivity contribution in [3.05, 3.63) is 0 Å². The van der Waals surface area contributed by atoms with E-state index in [2.05, 4.69) is 0 Å². The van der Waals surface area contributed by atoms with Crippen LogP contribution in [0.3, 0.4) is 0 Å². The van der Waals surface area contributed by atoms with Crippen LogP contribution < -0.4 is 0 Å². The number of hydrogen-bond donors (Lipinski definition) is 1. The van der Waals surface area contributed by atoms with E-state index in [1.165, 1.54) is 0 Å². The van der Waals surface area contributed by atoms with Crippen molar-refractivity contribution in [2.75, 3.05) is 0 Å². The van der Waals surface area contributed by atoms with E-state index >= 15 is 0 Å². The minimum Gasteiger partial charge on any atom is -0.390 e. The highest BCUT2D eigenvalue weighted by Crippen LogP contribution is 2.16. The summed E-state index contributed by atoms with van der Waals surface area (Å²) in [6.07, 6.45) is -0.429. The summed E-state index contributed by atoms with van der Waals surface area (Å²) in [5.74, 6) is 0. The third-order valence-electron chi connectivity index (χ3n) is 1.25. The molecule has 1 unspecified atom stereocenters. The van der Waals surface area contributed by atoms with Gasteiger partial charge in [0.05, 0.1) is 12.2 Å². The van der Waals surface area contributed by atoms with Gasteiger partial charge in [0.15, 0.2) is 0 Å². The second kappa shape index (κ2) is 2.07. The Labute approximate surface area is 51.7 Å². The van der Waals surface area contributed by atoms with Crippen molar-refractivity contribution in [2.24, 2.45) is 0 Å². The SMILES string of the molecule is [2H]C[C@H]1O[C@@H]([B])CC1O. The number of aliphatic hydroxyl groups is 1. The molecular weight excluding hydrogens is 103 g/mol. The van der Waals surface area contributed by atoms with Crippen molar-refractivity contribution in [1.82, 2.24) is 0 Å². The summed E-state index contributed by atoms with van der Waals surface area (Å²) >= 11 is 0. The lowest BCUT2D eigenvalue weighted by atomic mass is 9.96. The average Bonchev–Trinajstić information content (AvgIpc) is 2.10. The lowest BCUT2D eigenvalue weighted by Gasteiger charge is -2.04. The molecule has 2 nitrogen and oxygen atoms in total. The maximum Gasteiger partial charge on any atom is 0.109 e. The molecular formula is C5H9BO2. The van der Waals surface area contributed by atoms with E-state index in [0.717, 1.165) is 0 Å². The van der Waals surface area contributed by atoms with Gasteiger partial charge in [-0.25, -0.2) is 0 Å². The zero-order valence-electron chi connectivity index (χ0n) is 5.58. The molecule has 0 aromatic carbocycles. The number of hydrogen-bond acceptors (Lipinski definition) is 2. The molecule has 8 heavy (non-hydrogen) atoms. The first-order valence-corrected chi connectivity index (χ1v) is 2.62. The zero-order chi connectivity index (χ0) is 6.85. The molecule has 0 aliphatic carbocycles. The van der Waals surface area contributed by atoms with Crippen molar-refractivity contribution in [3.8, 4) is 0 Å². The van der Waals surface area contributed by atoms with Crippen LogP contribution in [0.15, 0.2) is 0 Å². The van der Waals surface area contributed by atoms with E-state index in [1.54, 1.807) is 0 Å². The van der Waals surface area contributed by atoms with Crippen LogP contribution in [0.5, 0.6) is 0 Å².